The van der Waals surface area contributed by atoms with Gasteiger partial charge in [0.15, 0.2) is 0 Å². The molecule has 0 aromatic carbocycles. The second-order valence-corrected chi connectivity index (χ2v) is 6.23. The molecule has 0 unspecified atom stereocenters. The number of rotatable bonds is 3. The molecule has 7 heteroatoms. The first-order chi connectivity index (χ1) is 10.2. The summed E-state index contributed by atoms with van der Waals surface area (Å²) in [7, 11) is 0. The Kier molecular flexibility index (Phi) is 4.21. The van der Waals surface area contributed by atoms with Crippen LogP contribution in [0.2, 0.25) is 0 Å². The highest BCUT2D eigenvalue weighted by atomic mass is 32.1. The van der Waals surface area contributed by atoms with E-state index >= 15 is 0 Å². The van der Waals surface area contributed by atoms with Crippen LogP contribution in [0.25, 0.3) is 0 Å². The van der Waals surface area contributed by atoms with Crippen LogP contribution in [0.4, 0.5) is 0 Å². The normalized spacial score (nSPS) is 16.1. The van der Waals surface area contributed by atoms with Crippen LogP contribution >= 0.6 is 11.3 Å². The molecular formula is C14H17N5OS. The standard InChI is InChI=1S/C14H17N5OS/c1-11-16-17-13(21-11)14(20)19-8-6-18(7-9-19)10-12-2-4-15-5-3-12/h2-5H,6-10H2,1H3. The zero-order valence-corrected chi connectivity index (χ0v) is 12.7. The molecule has 0 N–H and O–H groups in total. The minimum atomic E-state index is 0.00385. The van der Waals surface area contributed by atoms with Crippen molar-refractivity contribution in [2.45, 2.75) is 13.5 Å². The Morgan fingerprint density at radius 2 is 1.90 bits per heavy atom. The number of hydrogen-bond acceptors (Lipinski definition) is 6. The Morgan fingerprint density at radius 3 is 2.52 bits per heavy atom. The van der Waals surface area contributed by atoms with Gasteiger partial charge >= 0.3 is 0 Å². The van der Waals surface area contributed by atoms with E-state index in [1.165, 1.54) is 16.9 Å². The molecule has 0 saturated carbocycles. The third kappa shape index (κ3) is 3.43. The second kappa shape index (κ2) is 6.28. The Balaban J connectivity index is 1.54. The molecule has 1 aliphatic rings. The molecule has 1 saturated heterocycles. The molecule has 110 valence electrons. The maximum absolute atomic E-state index is 12.3. The van der Waals surface area contributed by atoms with Gasteiger partial charge in [-0.3, -0.25) is 14.7 Å². The zero-order valence-electron chi connectivity index (χ0n) is 11.9. The molecule has 6 nitrogen and oxygen atoms in total. The number of piperazine rings is 1. The quantitative estimate of drug-likeness (QED) is 0.852. The lowest BCUT2D eigenvalue weighted by Crippen LogP contribution is -2.48. The summed E-state index contributed by atoms with van der Waals surface area (Å²) in [5.41, 5.74) is 1.25. The second-order valence-electron chi connectivity index (χ2n) is 5.05. The topological polar surface area (TPSA) is 62.2 Å². The number of carbonyl (C=O) groups is 1. The van der Waals surface area contributed by atoms with Crippen molar-refractivity contribution in [2.75, 3.05) is 26.2 Å². The van der Waals surface area contributed by atoms with Gasteiger partial charge in [0.1, 0.15) is 5.01 Å². The monoisotopic (exact) mass is 303 g/mol. The lowest BCUT2D eigenvalue weighted by atomic mass is 10.2. The van der Waals surface area contributed by atoms with E-state index in [1.807, 2.05) is 36.4 Å². The van der Waals surface area contributed by atoms with Crippen LogP contribution in [-0.2, 0) is 6.54 Å². The molecule has 0 aliphatic carbocycles. The molecule has 1 fully saturated rings. The molecular weight excluding hydrogens is 286 g/mol. The molecule has 21 heavy (non-hydrogen) atoms. The summed E-state index contributed by atoms with van der Waals surface area (Å²) in [6, 6.07) is 4.06. The van der Waals surface area contributed by atoms with Crippen molar-refractivity contribution in [1.29, 1.82) is 0 Å². The van der Waals surface area contributed by atoms with Crippen LogP contribution in [0.15, 0.2) is 24.5 Å². The first-order valence-corrected chi connectivity index (χ1v) is 7.74. The minimum Gasteiger partial charge on any atom is -0.334 e. The van der Waals surface area contributed by atoms with E-state index in [-0.39, 0.29) is 5.91 Å². The van der Waals surface area contributed by atoms with E-state index in [1.54, 1.807) is 0 Å². The van der Waals surface area contributed by atoms with Gasteiger partial charge in [-0.25, -0.2) is 0 Å². The predicted molar refractivity (Wildman–Crippen MR) is 80.1 cm³/mol. The summed E-state index contributed by atoms with van der Waals surface area (Å²) in [5, 5.41) is 9.17. The Morgan fingerprint density at radius 1 is 1.19 bits per heavy atom. The molecule has 0 atom stereocenters. The van der Waals surface area contributed by atoms with Crippen molar-refractivity contribution in [2.24, 2.45) is 0 Å². The fourth-order valence-electron chi connectivity index (χ4n) is 2.37. The maximum Gasteiger partial charge on any atom is 0.284 e. The van der Waals surface area contributed by atoms with Gasteiger partial charge in [0.2, 0.25) is 5.01 Å². The minimum absolute atomic E-state index is 0.00385. The van der Waals surface area contributed by atoms with Crippen molar-refractivity contribution < 1.29 is 4.79 Å². The number of hydrogen-bond donors (Lipinski definition) is 0. The average Bonchev–Trinajstić information content (AvgIpc) is 2.95. The fraction of sp³-hybridized carbons (Fsp3) is 0.429. The van der Waals surface area contributed by atoms with E-state index in [2.05, 4.69) is 20.1 Å². The van der Waals surface area contributed by atoms with Crippen LogP contribution in [0, 0.1) is 6.92 Å². The van der Waals surface area contributed by atoms with Crippen molar-refractivity contribution >= 4 is 17.2 Å². The van der Waals surface area contributed by atoms with Gasteiger partial charge < -0.3 is 4.90 Å². The maximum atomic E-state index is 12.3. The number of amides is 1. The summed E-state index contributed by atoms with van der Waals surface area (Å²) in [6.07, 6.45) is 3.62. The predicted octanol–water partition coefficient (Wildman–Crippen LogP) is 1.20. The van der Waals surface area contributed by atoms with Crippen molar-refractivity contribution in [1.82, 2.24) is 25.0 Å². The Labute approximate surface area is 127 Å². The Bertz CT molecular complexity index is 607. The molecule has 1 amide bonds. The van der Waals surface area contributed by atoms with Gasteiger partial charge in [-0.2, -0.15) is 0 Å². The molecule has 2 aromatic heterocycles. The van der Waals surface area contributed by atoms with Gasteiger partial charge in [-0.15, -0.1) is 10.2 Å². The van der Waals surface area contributed by atoms with Crippen LogP contribution in [0.1, 0.15) is 20.4 Å². The van der Waals surface area contributed by atoms with Gasteiger partial charge in [0, 0.05) is 45.1 Å². The number of pyridine rings is 1. The zero-order chi connectivity index (χ0) is 14.7. The smallest absolute Gasteiger partial charge is 0.284 e. The first-order valence-electron chi connectivity index (χ1n) is 6.93. The molecule has 2 aromatic rings. The SMILES string of the molecule is Cc1nnc(C(=O)N2CCN(Cc3ccncc3)CC2)s1. The molecule has 0 bridgehead atoms. The van der Waals surface area contributed by atoms with E-state index in [4.69, 9.17) is 0 Å². The van der Waals surface area contributed by atoms with E-state index in [0.29, 0.717) is 5.01 Å². The molecule has 1 aliphatic heterocycles. The summed E-state index contributed by atoms with van der Waals surface area (Å²) in [4.78, 5) is 20.5. The largest absolute Gasteiger partial charge is 0.334 e. The third-order valence-electron chi connectivity index (χ3n) is 3.52. The van der Waals surface area contributed by atoms with Gasteiger partial charge in [-0.05, 0) is 24.6 Å². The van der Waals surface area contributed by atoms with Crippen molar-refractivity contribution in [3.63, 3.8) is 0 Å². The van der Waals surface area contributed by atoms with Crippen molar-refractivity contribution in [3.05, 3.63) is 40.1 Å². The van der Waals surface area contributed by atoms with Gasteiger partial charge in [0.05, 0.1) is 0 Å². The molecule has 3 heterocycles. The highest BCUT2D eigenvalue weighted by molar-refractivity contribution is 7.13. The first kappa shape index (κ1) is 14.1. The van der Waals surface area contributed by atoms with Crippen LogP contribution in [0.5, 0.6) is 0 Å². The number of aryl methyl sites for hydroxylation is 1. The summed E-state index contributed by atoms with van der Waals surface area (Å²) < 4.78 is 0. The lowest BCUT2D eigenvalue weighted by Gasteiger charge is -2.34. The molecule has 0 radical (unpaired) electrons. The van der Waals surface area contributed by atoms with E-state index in [0.717, 1.165) is 37.7 Å². The summed E-state index contributed by atoms with van der Waals surface area (Å²) >= 11 is 1.36. The third-order valence-corrected chi connectivity index (χ3v) is 4.35. The molecule has 0 spiro atoms. The number of carbonyl (C=O) groups excluding carboxylic acids is 1. The highest BCUT2D eigenvalue weighted by Gasteiger charge is 2.24. The van der Waals surface area contributed by atoms with Crippen LogP contribution in [-0.4, -0.2) is 57.1 Å². The van der Waals surface area contributed by atoms with Crippen LogP contribution in [0.3, 0.4) is 0 Å². The van der Waals surface area contributed by atoms with Gasteiger partial charge in [-0.1, -0.05) is 11.3 Å². The van der Waals surface area contributed by atoms with E-state index < -0.39 is 0 Å². The molecule has 3 rings (SSSR count). The summed E-state index contributed by atoms with van der Waals surface area (Å²) in [5.74, 6) is 0.00385. The highest BCUT2D eigenvalue weighted by Crippen LogP contribution is 2.14. The number of aromatic nitrogens is 3. The lowest BCUT2D eigenvalue weighted by molar-refractivity contribution is 0.0627. The van der Waals surface area contributed by atoms with E-state index in [9.17, 15) is 4.79 Å². The number of nitrogens with zero attached hydrogens (tertiary/aromatic N) is 5. The Hall–Kier alpha value is -1.86. The van der Waals surface area contributed by atoms with Gasteiger partial charge in [0.25, 0.3) is 5.91 Å². The van der Waals surface area contributed by atoms with Crippen LogP contribution < -0.4 is 0 Å². The van der Waals surface area contributed by atoms with Crippen molar-refractivity contribution in [3.8, 4) is 0 Å². The fourth-order valence-corrected chi connectivity index (χ4v) is 3.03. The average molecular weight is 303 g/mol. The summed E-state index contributed by atoms with van der Waals surface area (Å²) in [6.45, 7) is 6.01.